The summed E-state index contributed by atoms with van der Waals surface area (Å²) in [5, 5.41) is 9.97. The molecule has 3 saturated carbocycles. The maximum absolute atomic E-state index is 9.97. The molecule has 1 nitrogen and oxygen atoms in total. The summed E-state index contributed by atoms with van der Waals surface area (Å²) < 4.78 is 0. The minimum atomic E-state index is -0.0169. The monoisotopic (exact) mass is 182 g/mol. The molecule has 76 valence electrons. The fraction of sp³-hybridized carbons (Fsp3) is 1.00. The summed E-state index contributed by atoms with van der Waals surface area (Å²) in [7, 11) is 0. The molecule has 0 saturated heterocycles. The standard InChI is InChI=1S/C12H22O/c1-7(2)11-9-5-8(6-10(11)13)12(9,3)4/h7-11,13H,5-6H2,1-4H3/t8-,9+,10+,11?/m0/s1. The maximum atomic E-state index is 9.97. The summed E-state index contributed by atoms with van der Waals surface area (Å²) in [5.41, 5.74) is 0.508. The van der Waals surface area contributed by atoms with Gasteiger partial charge in [0, 0.05) is 0 Å². The van der Waals surface area contributed by atoms with E-state index in [1.807, 2.05) is 0 Å². The second kappa shape index (κ2) is 2.73. The Morgan fingerprint density at radius 1 is 1.23 bits per heavy atom. The molecule has 1 N–H and O–H groups in total. The number of hydrogen-bond acceptors (Lipinski definition) is 1. The van der Waals surface area contributed by atoms with E-state index in [1.165, 1.54) is 6.42 Å². The van der Waals surface area contributed by atoms with Crippen molar-refractivity contribution in [2.24, 2.45) is 29.1 Å². The molecule has 1 heteroatoms. The number of rotatable bonds is 1. The van der Waals surface area contributed by atoms with Crippen LogP contribution in [0.4, 0.5) is 0 Å². The van der Waals surface area contributed by atoms with Gasteiger partial charge >= 0.3 is 0 Å². The van der Waals surface area contributed by atoms with Crippen molar-refractivity contribution in [1.29, 1.82) is 0 Å². The van der Waals surface area contributed by atoms with Gasteiger partial charge in [-0.05, 0) is 41.9 Å². The Labute approximate surface area is 81.5 Å². The lowest BCUT2D eigenvalue weighted by Crippen LogP contribution is -2.58. The van der Waals surface area contributed by atoms with E-state index in [0.29, 0.717) is 17.3 Å². The Balaban J connectivity index is 2.18. The lowest BCUT2D eigenvalue weighted by Gasteiger charge is -2.62. The van der Waals surface area contributed by atoms with Crippen LogP contribution in [0.1, 0.15) is 40.5 Å². The highest BCUT2D eigenvalue weighted by molar-refractivity contribution is 5.06. The van der Waals surface area contributed by atoms with Gasteiger partial charge in [-0.1, -0.05) is 27.7 Å². The highest BCUT2D eigenvalue weighted by atomic mass is 16.3. The molecular weight excluding hydrogens is 160 g/mol. The molecule has 0 heterocycles. The van der Waals surface area contributed by atoms with Gasteiger partial charge in [0.15, 0.2) is 0 Å². The van der Waals surface area contributed by atoms with Crippen LogP contribution in [-0.2, 0) is 0 Å². The molecule has 0 spiro atoms. The molecule has 1 unspecified atom stereocenters. The zero-order chi connectivity index (χ0) is 9.80. The van der Waals surface area contributed by atoms with Gasteiger partial charge in [-0.2, -0.15) is 0 Å². The first-order valence-corrected chi connectivity index (χ1v) is 5.62. The fourth-order valence-corrected chi connectivity index (χ4v) is 3.74. The van der Waals surface area contributed by atoms with Crippen molar-refractivity contribution in [3.63, 3.8) is 0 Å². The van der Waals surface area contributed by atoms with Crippen molar-refractivity contribution in [1.82, 2.24) is 0 Å². The van der Waals surface area contributed by atoms with Crippen LogP contribution in [0.15, 0.2) is 0 Å². The predicted octanol–water partition coefficient (Wildman–Crippen LogP) is 2.69. The zero-order valence-electron chi connectivity index (χ0n) is 9.25. The maximum Gasteiger partial charge on any atom is 0.0576 e. The molecule has 0 aromatic carbocycles. The van der Waals surface area contributed by atoms with Crippen LogP contribution >= 0.6 is 0 Å². The second-order valence-electron chi connectivity index (χ2n) is 5.98. The Bertz CT molecular complexity index is 207. The Morgan fingerprint density at radius 2 is 1.85 bits per heavy atom. The van der Waals surface area contributed by atoms with Gasteiger partial charge in [-0.3, -0.25) is 0 Å². The van der Waals surface area contributed by atoms with Gasteiger partial charge in [0.25, 0.3) is 0 Å². The molecule has 3 rings (SSSR count). The second-order valence-corrected chi connectivity index (χ2v) is 5.98. The summed E-state index contributed by atoms with van der Waals surface area (Å²) >= 11 is 0. The predicted molar refractivity (Wildman–Crippen MR) is 54.3 cm³/mol. The van der Waals surface area contributed by atoms with E-state index in [0.717, 1.165) is 18.3 Å². The van der Waals surface area contributed by atoms with E-state index >= 15 is 0 Å². The van der Waals surface area contributed by atoms with Crippen LogP contribution in [0.5, 0.6) is 0 Å². The summed E-state index contributed by atoms with van der Waals surface area (Å²) in [6, 6.07) is 0. The lowest BCUT2D eigenvalue weighted by atomic mass is 9.43. The van der Waals surface area contributed by atoms with Crippen molar-refractivity contribution in [2.75, 3.05) is 0 Å². The minimum absolute atomic E-state index is 0.0169. The van der Waals surface area contributed by atoms with Gasteiger partial charge in [0.2, 0.25) is 0 Å². The molecule has 0 radical (unpaired) electrons. The van der Waals surface area contributed by atoms with Crippen molar-refractivity contribution >= 4 is 0 Å². The first kappa shape index (κ1) is 9.51. The van der Waals surface area contributed by atoms with Crippen LogP contribution in [0, 0.1) is 29.1 Å². The third-order valence-corrected chi connectivity index (χ3v) is 4.75. The SMILES string of the molecule is CC(C)C1[C@H](O)C[C@@H]2C[C@H]1C2(C)C. The van der Waals surface area contributed by atoms with Gasteiger partial charge in [0.1, 0.15) is 0 Å². The average Bonchev–Trinajstić information content (AvgIpc) is 2.03. The lowest BCUT2D eigenvalue weighted by molar-refractivity contribution is -0.172. The number of fused-ring (bicyclic) bond motifs is 2. The van der Waals surface area contributed by atoms with Gasteiger partial charge in [-0.15, -0.1) is 0 Å². The summed E-state index contributed by atoms with van der Waals surface area (Å²) in [4.78, 5) is 0. The molecule has 3 aliphatic rings. The smallest absolute Gasteiger partial charge is 0.0576 e. The number of hydrogen-bond donors (Lipinski definition) is 1. The van der Waals surface area contributed by atoms with Gasteiger partial charge in [0.05, 0.1) is 6.10 Å². The first-order chi connectivity index (χ1) is 5.94. The molecule has 13 heavy (non-hydrogen) atoms. The van der Waals surface area contributed by atoms with E-state index in [9.17, 15) is 5.11 Å². The Morgan fingerprint density at radius 3 is 2.23 bits per heavy atom. The molecule has 0 amide bonds. The topological polar surface area (TPSA) is 20.2 Å². The van der Waals surface area contributed by atoms with Gasteiger partial charge in [-0.25, -0.2) is 0 Å². The third-order valence-electron chi connectivity index (χ3n) is 4.75. The normalized spacial score (nSPS) is 47.5. The molecule has 3 aliphatic carbocycles. The Hall–Kier alpha value is -0.0400. The molecule has 0 aromatic heterocycles. The highest BCUT2D eigenvalue weighted by Crippen LogP contribution is 2.62. The largest absolute Gasteiger partial charge is 0.393 e. The number of aliphatic hydroxyl groups excluding tert-OH is 1. The third kappa shape index (κ3) is 1.16. The van der Waals surface area contributed by atoms with E-state index in [4.69, 9.17) is 0 Å². The molecular formula is C12H22O. The van der Waals surface area contributed by atoms with Crippen molar-refractivity contribution < 1.29 is 5.11 Å². The zero-order valence-corrected chi connectivity index (χ0v) is 9.25. The van der Waals surface area contributed by atoms with E-state index in [2.05, 4.69) is 27.7 Å². The summed E-state index contributed by atoms with van der Waals surface area (Å²) in [6.07, 6.45) is 2.40. The summed E-state index contributed by atoms with van der Waals surface area (Å²) in [6.45, 7) is 9.27. The average molecular weight is 182 g/mol. The molecule has 3 fully saturated rings. The molecule has 0 aromatic rings. The summed E-state index contributed by atoms with van der Waals surface area (Å²) in [5.74, 6) is 2.77. The van der Waals surface area contributed by atoms with E-state index < -0.39 is 0 Å². The van der Waals surface area contributed by atoms with Crippen LogP contribution < -0.4 is 0 Å². The van der Waals surface area contributed by atoms with Crippen molar-refractivity contribution in [3.05, 3.63) is 0 Å². The minimum Gasteiger partial charge on any atom is -0.393 e. The fourth-order valence-electron chi connectivity index (χ4n) is 3.74. The van der Waals surface area contributed by atoms with Crippen LogP contribution in [0.2, 0.25) is 0 Å². The molecule has 4 atom stereocenters. The van der Waals surface area contributed by atoms with Gasteiger partial charge < -0.3 is 5.11 Å². The Kier molecular flexibility index (Phi) is 1.99. The molecule has 2 bridgehead atoms. The van der Waals surface area contributed by atoms with Crippen molar-refractivity contribution in [3.8, 4) is 0 Å². The highest BCUT2D eigenvalue weighted by Gasteiger charge is 2.57. The van der Waals surface area contributed by atoms with Crippen LogP contribution in [0.3, 0.4) is 0 Å². The van der Waals surface area contributed by atoms with Crippen LogP contribution in [-0.4, -0.2) is 11.2 Å². The molecule has 0 aliphatic heterocycles. The van der Waals surface area contributed by atoms with E-state index in [1.54, 1.807) is 0 Å². The first-order valence-electron chi connectivity index (χ1n) is 5.62. The van der Waals surface area contributed by atoms with Crippen LogP contribution in [0.25, 0.3) is 0 Å². The van der Waals surface area contributed by atoms with E-state index in [-0.39, 0.29) is 6.10 Å². The quantitative estimate of drug-likeness (QED) is 0.661. The number of aliphatic hydroxyl groups is 1. The van der Waals surface area contributed by atoms with Crippen molar-refractivity contribution in [2.45, 2.75) is 46.6 Å².